The lowest BCUT2D eigenvalue weighted by Gasteiger charge is -2.22. The average molecular weight is 432 g/mol. The van der Waals surface area contributed by atoms with Crippen molar-refractivity contribution in [1.82, 2.24) is 9.62 Å². The minimum Gasteiger partial charge on any atom is -0.340 e. The van der Waals surface area contributed by atoms with Crippen LogP contribution in [0.5, 0.6) is 0 Å². The Bertz CT molecular complexity index is 1050. The topological polar surface area (TPSA) is 95.6 Å². The summed E-state index contributed by atoms with van der Waals surface area (Å²) in [5, 5.41) is 5.51. The summed E-state index contributed by atoms with van der Waals surface area (Å²) >= 11 is 0. The molecule has 0 heterocycles. The predicted octanol–water partition coefficient (Wildman–Crippen LogP) is 2.95. The number of nitrogens with zero attached hydrogens (tertiary/aromatic N) is 1. The number of rotatable bonds is 7. The molecule has 0 aromatic heterocycles. The molecule has 0 saturated heterocycles. The van der Waals surface area contributed by atoms with Crippen LogP contribution in [0.2, 0.25) is 0 Å². The Balaban J connectivity index is 2.24. The van der Waals surface area contributed by atoms with Crippen molar-refractivity contribution in [2.24, 2.45) is 5.92 Å². The first-order valence-electron chi connectivity index (χ1n) is 9.65. The highest BCUT2D eigenvalue weighted by molar-refractivity contribution is 7.89. The van der Waals surface area contributed by atoms with Crippen molar-refractivity contribution in [3.63, 3.8) is 0 Å². The van der Waals surface area contributed by atoms with Crippen LogP contribution in [0.15, 0.2) is 47.4 Å². The van der Waals surface area contributed by atoms with Gasteiger partial charge in [-0.2, -0.15) is 0 Å². The summed E-state index contributed by atoms with van der Waals surface area (Å²) in [5.41, 5.74) is 2.35. The van der Waals surface area contributed by atoms with Crippen LogP contribution in [0, 0.1) is 19.8 Å². The van der Waals surface area contributed by atoms with E-state index in [9.17, 15) is 18.0 Å². The van der Waals surface area contributed by atoms with Crippen molar-refractivity contribution in [2.75, 3.05) is 19.4 Å². The van der Waals surface area contributed by atoms with Gasteiger partial charge in [0, 0.05) is 25.3 Å². The fraction of sp³-hybridized carbons (Fsp3) is 0.364. The number of hydrogen-bond donors (Lipinski definition) is 2. The molecular formula is C22H29N3O4S. The zero-order valence-electron chi connectivity index (χ0n) is 18.2. The second-order valence-electron chi connectivity index (χ2n) is 7.82. The molecule has 0 spiro atoms. The molecule has 2 aromatic carbocycles. The van der Waals surface area contributed by atoms with Crippen LogP contribution in [0.1, 0.15) is 35.3 Å². The molecule has 30 heavy (non-hydrogen) atoms. The van der Waals surface area contributed by atoms with Gasteiger partial charge in [-0.1, -0.05) is 37.6 Å². The van der Waals surface area contributed by atoms with E-state index in [0.717, 1.165) is 9.87 Å². The van der Waals surface area contributed by atoms with Gasteiger partial charge in [0.1, 0.15) is 6.04 Å². The Morgan fingerprint density at radius 1 is 1.00 bits per heavy atom. The number of aryl methyl sites for hydroxylation is 2. The number of hydrogen-bond acceptors (Lipinski definition) is 4. The van der Waals surface area contributed by atoms with Crippen molar-refractivity contribution in [1.29, 1.82) is 0 Å². The third-order valence-corrected chi connectivity index (χ3v) is 6.69. The van der Waals surface area contributed by atoms with E-state index < -0.39 is 22.0 Å². The Morgan fingerprint density at radius 3 is 2.23 bits per heavy atom. The molecule has 7 nitrogen and oxygen atoms in total. The van der Waals surface area contributed by atoms with Crippen molar-refractivity contribution in [3.8, 4) is 0 Å². The first kappa shape index (κ1) is 23.6. The lowest BCUT2D eigenvalue weighted by Crippen LogP contribution is -2.47. The minimum absolute atomic E-state index is 0.121. The van der Waals surface area contributed by atoms with Gasteiger partial charge in [-0.3, -0.25) is 9.59 Å². The molecule has 2 rings (SSSR count). The Morgan fingerprint density at radius 2 is 1.67 bits per heavy atom. The second-order valence-corrected chi connectivity index (χ2v) is 9.94. The molecule has 2 aromatic rings. The van der Waals surface area contributed by atoms with Gasteiger partial charge < -0.3 is 10.6 Å². The predicted molar refractivity (Wildman–Crippen MR) is 118 cm³/mol. The lowest BCUT2D eigenvalue weighted by atomic mass is 10.0. The zero-order chi connectivity index (χ0) is 22.6. The second kappa shape index (κ2) is 9.40. The third-order valence-electron chi connectivity index (χ3n) is 4.73. The lowest BCUT2D eigenvalue weighted by molar-refractivity contribution is -0.118. The highest BCUT2D eigenvalue weighted by atomic mass is 32.2. The monoisotopic (exact) mass is 431 g/mol. The molecular weight excluding hydrogens is 402 g/mol. The Labute approximate surface area is 178 Å². The molecule has 8 heteroatoms. The Kier molecular flexibility index (Phi) is 7.39. The SMILES string of the molecule is Cc1cccc(C(=O)N[C@@H](C(=O)Nc2ccc(C)c(S(=O)(=O)N(C)C)c2)C(C)C)c1. The summed E-state index contributed by atoms with van der Waals surface area (Å²) in [6, 6.07) is 11.0. The van der Waals surface area contributed by atoms with Crippen molar-refractivity contribution >= 4 is 27.5 Å². The molecule has 1 atom stereocenters. The van der Waals surface area contributed by atoms with Crippen molar-refractivity contribution in [3.05, 3.63) is 59.2 Å². The van der Waals surface area contributed by atoms with E-state index in [0.29, 0.717) is 16.8 Å². The first-order valence-corrected chi connectivity index (χ1v) is 11.1. The van der Waals surface area contributed by atoms with E-state index >= 15 is 0 Å². The van der Waals surface area contributed by atoms with Crippen LogP contribution in [0.4, 0.5) is 5.69 Å². The number of sulfonamides is 1. The normalized spacial score (nSPS) is 12.7. The van der Waals surface area contributed by atoms with E-state index in [-0.39, 0.29) is 16.7 Å². The summed E-state index contributed by atoms with van der Waals surface area (Å²) in [7, 11) is -0.741. The van der Waals surface area contributed by atoms with Crippen molar-refractivity contribution < 1.29 is 18.0 Å². The fourth-order valence-corrected chi connectivity index (χ4v) is 4.06. The highest BCUT2D eigenvalue weighted by Gasteiger charge is 2.26. The molecule has 0 fully saturated rings. The molecule has 0 unspecified atom stereocenters. The van der Waals surface area contributed by atoms with Crippen LogP contribution in [-0.4, -0.2) is 44.7 Å². The summed E-state index contributed by atoms with van der Waals surface area (Å²) < 4.78 is 26.2. The molecule has 0 radical (unpaired) electrons. The summed E-state index contributed by atoms with van der Waals surface area (Å²) in [6.07, 6.45) is 0. The number of benzene rings is 2. The number of carbonyl (C=O) groups is 2. The van der Waals surface area contributed by atoms with Crippen LogP contribution in [-0.2, 0) is 14.8 Å². The minimum atomic E-state index is -3.65. The van der Waals surface area contributed by atoms with E-state index in [1.165, 1.54) is 20.2 Å². The van der Waals surface area contributed by atoms with Gasteiger partial charge in [0.25, 0.3) is 5.91 Å². The van der Waals surface area contributed by atoms with E-state index in [2.05, 4.69) is 10.6 Å². The first-order chi connectivity index (χ1) is 13.9. The van der Waals surface area contributed by atoms with Gasteiger partial charge in [-0.25, -0.2) is 12.7 Å². The molecule has 0 aliphatic rings. The highest BCUT2D eigenvalue weighted by Crippen LogP contribution is 2.23. The fourth-order valence-electron chi connectivity index (χ4n) is 2.92. The largest absolute Gasteiger partial charge is 0.340 e. The standard InChI is InChI=1S/C22H29N3O4S/c1-14(2)20(24-21(26)17-9-7-8-15(3)12-17)22(27)23-18-11-10-16(4)19(13-18)30(28,29)25(5)6/h7-14,20H,1-6H3,(H,23,27)(H,24,26)/t20-/m1/s1. The van der Waals surface area contributed by atoms with Crippen LogP contribution in [0.25, 0.3) is 0 Å². The van der Waals surface area contributed by atoms with Gasteiger partial charge in [0.05, 0.1) is 4.90 Å². The van der Waals surface area contributed by atoms with Gasteiger partial charge >= 0.3 is 0 Å². The number of amides is 2. The maximum Gasteiger partial charge on any atom is 0.251 e. The summed E-state index contributed by atoms with van der Waals surface area (Å²) in [6.45, 7) is 7.25. The van der Waals surface area contributed by atoms with Gasteiger partial charge in [-0.05, 0) is 49.6 Å². The smallest absolute Gasteiger partial charge is 0.251 e. The van der Waals surface area contributed by atoms with Gasteiger partial charge in [0.2, 0.25) is 15.9 Å². The molecule has 0 aliphatic carbocycles. The third kappa shape index (κ3) is 5.46. The van der Waals surface area contributed by atoms with Gasteiger partial charge in [-0.15, -0.1) is 0 Å². The summed E-state index contributed by atoms with van der Waals surface area (Å²) in [5.74, 6) is -0.926. The quantitative estimate of drug-likeness (QED) is 0.705. The molecule has 0 bridgehead atoms. The maximum absolute atomic E-state index is 12.9. The summed E-state index contributed by atoms with van der Waals surface area (Å²) in [4.78, 5) is 25.6. The molecule has 0 saturated carbocycles. The van der Waals surface area contributed by atoms with E-state index in [4.69, 9.17) is 0 Å². The maximum atomic E-state index is 12.9. The zero-order valence-corrected chi connectivity index (χ0v) is 19.0. The molecule has 0 aliphatic heterocycles. The van der Waals surface area contributed by atoms with E-state index in [1.807, 2.05) is 26.8 Å². The van der Waals surface area contributed by atoms with Crippen LogP contribution < -0.4 is 10.6 Å². The van der Waals surface area contributed by atoms with Crippen molar-refractivity contribution in [2.45, 2.75) is 38.6 Å². The van der Waals surface area contributed by atoms with Crippen LogP contribution in [0.3, 0.4) is 0 Å². The molecule has 162 valence electrons. The number of anilines is 1. The molecule has 2 N–H and O–H groups in total. The Hall–Kier alpha value is -2.71. The van der Waals surface area contributed by atoms with Gasteiger partial charge in [0.15, 0.2) is 0 Å². The number of nitrogens with one attached hydrogen (secondary N) is 2. The van der Waals surface area contributed by atoms with Crippen LogP contribution >= 0.6 is 0 Å². The molecule has 2 amide bonds. The number of carbonyl (C=O) groups excluding carboxylic acids is 2. The average Bonchev–Trinajstić information content (AvgIpc) is 2.66. The van der Waals surface area contributed by atoms with E-state index in [1.54, 1.807) is 37.3 Å².